The highest BCUT2D eigenvalue weighted by Gasteiger charge is 2.55. The summed E-state index contributed by atoms with van der Waals surface area (Å²) in [6, 6.07) is 151. The lowest BCUT2D eigenvalue weighted by molar-refractivity contribution is 0.00578. The minimum absolute atomic E-state index is 0. The molecular weight excluding hydrogens is 2070 g/mol. The van der Waals surface area contributed by atoms with Crippen molar-refractivity contribution in [2.45, 2.75) is 75.7 Å². The average molecular weight is 2160 g/mol. The molecule has 6 aliphatic rings. The Hall–Kier alpha value is -9.90. The molecule has 26 rings (SSSR count). The van der Waals surface area contributed by atoms with E-state index in [4.69, 9.17) is 54.7 Å². The van der Waals surface area contributed by atoms with E-state index in [1.807, 2.05) is 95.2 Å². The Kier molecular flexibility index (Phi) is 26.0. The van der Waals surface area contributed by atoms with E-state index in [1.54, 1.807) is 11.8 Å². The predicted molar refractivity (Wildman–Crippen MR) is 600 cm³/mol. The van der Waals surface area contributed by atoms with E-state index in [-0.39, 0.29) is 25.7 Å². The molecular formula is C116H88BBr2Cl4IN2O2S3Si3. The van der Waals surface area contributed by atoms with E-state index >= 15 is 0 Å². The maximum absolute atomic E-state index is 6.55. The van der Waals surface area contributed by atoms with Crippen LogP contribution in [-0.2, 0) is 9.31 Å². The fraction of sp³-hybridized carbons (Fsp3) is 0.0690. The third-order valence-electron chi connectivity index (χ3n) is 26.7. The van der Waals surface area contributed by atoms with Gasteiger partial charge in [-0.25, -0.2) is 0 Å². The van der Waals surface area contributed by atoms with Crippen molar-refractivity contribution in [1.29, 1.82) is 0 Å². The van der Waals surface area contributed by atoms with Crippen LogP contribution < -0.4 is 57.3 Å². The minimum Gasteiger partial charge on any atom is -0.399 e. The summed E-state index contributed by atoms with van der Waals surface area (Å²) < 4.78 is 19.4. The Morgan fingerprint density at radius 2 is 0.597 bits per heavy atom. The molecule has 6 aliphatic heterocycles. The average Bonchev–Trinajstić information content (AvgIpc) is 1.52. The molecule has 0 radical (unpaired) electrons. The van der Waals surface area contributed by atoms with Gasteiger partial charge in [0.1, 0.15) is 0 Å². The lowest BCUT2D eigenvalue weighted by Crippen LogP contribution is -2.74. The third kappa shape index (κ3) is 15.9. The van der Waals surface area contributed by atoms with Crippen molar-refractivity contribution in [3.05, 3.63) is 438 Å². The molecule has 1 saturated heterocycles. The van der Waals surface area contributed by atoms with E-state index in [1.165, 1.54) is 154 Å². The Bertz CT molecular complexity index is 7700. The van der Waals surface area contributed by atoms with Crippen molar-refractivity contribution < 1.29 is 9.31 Å². The van der Waals surface area contributed by atoms with Gasteiger partial charge in [-0.1, -0.05) is 386 Å². The van der Waals surface area contributed by atoms with E-state index in [2.05, 4.69) is 443 Å². The van der Waals surface area contributed by atoms with Gasteiger partial charge in [0.05, 0.1) is 33.3 Å². The fourth-order valence-electron chi connectivity index (χ4n) is 20.1. The summed E-state index contributed by atoms with van der Waals surface area (Å²) in [6.07, 6.45) is 0. The molecule has 4 nitrogen and oxygen atoms in total. The molecule has 134 heavy (non-hydrogen) atoms. The minimum atomic E-state index is -2.55. The van der Waals surface area contributed by atoms with Gasteiger partial charge >= 0.3 is 13.8 Å². The van der Waals surface area contributed by atoms with Crippen LogP contribution in [0.1, 0.15) is 35.1 Å². The second-order valence-electron chi connectivity index (χ2n) is 34.5. The first-order valence-corrected chi connectivity index (χ1v) is 59.1. The van der Waals surface area contributed by atoms with Gasteiger partial charge in [0.2, 0.25) is 0 Å². The molecule has 18 heteroatoms. The van der Waals surface area contributed by atoms with Gasteiger partial charge in [-0.2, -0.15) is 0 Å². The molecule has 8 heterocycles. The molecule has 0 atom stereocenters. The van der Waals surface area contributed by atoms with Gasteiger partial charge in [0.25, 0.3) is 0 Å². The zero-order valence-electron chi connectivity index (χ0n) is 73.0. The standard InChI is InChI=1S/C42H27NSSi.C24H24BNO2.C24H15ClSSi.C12H8Br2S.C12H7Cl3Si.CH3I.CH4/c1-4-14-35-31(11-1)32-12-2-5-15-36(32)43(35)30-24-21-28(22-25-30)29-23-26-34-33-13-3-8-18-39(33)45(42(34)27-29)40-19-9-6-16-37(40)44-38-17-7-10-20-41(38)45;1-23(2)24(3,4)28-25(27-23)17-13-15-18(16-14-17)26-21-11-7-5-9-19(21)20-10-6-8-12-22(20)26;25-16-13-14-18-17-7-1-4-10-21(17)27(24(18)15-16)22-11-5-2-8-19(22)26-20-9-3-6-12-23(20)27;13-9-5-1-3-7-11(9)15-12-8-4-2-6-10(12)14;13-8-5-6-10-9-3-1-2-4-11(9)16(14,15)12(10)7-8;1-2;/h1-27H;5-16H,1-4H3;1-15H;1-8H;1-7H;1H3;1H4. The van der Waals surface area contributed by atoms with Crippen molar-refractivity contribution in [2.75, 3.05) is 4.93 Å². The van der Waals surface area contributed by atoms with Crippen molar-refractivity contribution in [1.82, 2.24) is 9.13 Å². The van der Waals surface area contributed by atoms with Crippen LogP contribution in [0.15, 0.2) is 457 Å². The molecule has 0 saturated carbocycles. The first-order valence-electron chi connectivity index (χ1n) is 44.1. The number of benzene rings is 18. The highest BCUT2D eigenvalue weighted by Crippen LogP contribution is 2.45. The number of rotatable bonds is 6. The highest BCUT2D eigenvalue weighted by atomic mass is 127. The van der Waals surface area contributed by atoms with Crippen LogP contribution >= 0.6 is 135 Å². The molecule has 0 aliphatic carbocycles. The zero-order chi connectivity index (χ0) is 91.1. The van der Waals surface area contributed by atoms with Crippen LogP contribution in [0.3, 0.4) is 0 Å². The molecule has 0 amide bonds. The second kappa shape index (κ2) is 37.9. The monoisotopic (exact) mass is 2160 g/mol. The molecule has 2 aromatic heterocycles. The first-order chi connectivity index (χ1) is 64.9. The summed E-state index contributed by atoms with van der Waals surface area (Å²) in [6.45, 7) is 5.78. The summed E-state index contributed by atoms with van der Waals surface area (Å²) in [7, 11) is -5.18. The Labute approximate surface area is 849 Å². The summed E-state index contributed by atoms with van der Waals surface area (Å²) in [5.41, 5.74) is 17.9. The van der Waals surface area contributed by atoms with Gasteiger partial charge in [0.15, 0.2) is 16.1 Å². The summed E-state index contributed by atoms with van der Waals surface area (Å²) in [5, 5.41) is 20.6. The smallest absolute Gasteiger partial charge is 0.399 e. The van der Waals surface area contributed by atoms with Gasteiger partial charge in [-0.15, -0.1) is 22.2 Å². The lowest BCUT2D eigenvalue weighted by atomic mass is 9.79. The zero-order valence-corrected chi connectivity index (χ0v) is 86.8. The van der Waals surface area contributed by atoms with Gasteiger partial charge < -0.3 is 18.4 Å². The van der Waals surface area contributed by atoms with Crippen molar-refractivity contribution >= 4 is 266 Å². The lowest BCUT2D eigenvalue weighted by Gasteiger charge is -2.37. The van der Waals surface area contributed by atoms with Crippen LogP contribution in [0.5, 0.6) is 0 Å². The van der Waals surface area contributed by atoms with E-state index in [9.17, 15) is 0 Å². The van der Waals surface area contributed by atoms with Crippen LogP contribution in [-0.4, -0.2) is 55.2 Å². The number of nitrogens with zero attached hydrogens (tertiary/aromatic N) is 2. The predicted octanol–water partition coefficient (Wildman–Crippen LogP) is 27.9. The van der Waals surface area contributed by atoms with Crippen LogP contribution in [0.25, 0.3) is 99.5 Å². The van der Waals surface area contributed by atoms with Crippen molar-refractivity contribution in [2.24, 2.45) is 0 Å². The topological polar surface area (TPSA) is 28.3 Å². The molecule has 18 aromatic carbocycles. The third-order valence-corrected chi connectivity index (χ3v) is 47.8. The molecule has 0 bridgehead atoms. The summed E-state index contributed by atoms with van der Waals surface area (Å²) >= 11 is 40.4. The van der Waals surface area contributed by atoms with E-state index < -0.39 is 22.8 Å². The normalized spacial score (nSPS) is 14.6. The largest absolute Gasteiger partial charge is 0.494 e. The Morgan fingerprint density at radius 3 is 1.00 bits per heavy atom. The summed E-state index contributed by atoms with van der Waals surface area (Å²) in [4.78, 5) is 9.97. The maximum atomic E-state index is 6.55. The van der Waals surface area contributed by atoms with E-state index in [0.717, 1.165) is 46.6 Å². The number of alkyl halides is 1. The SMILES string of the molecule is Brc1ccccc1Sc1ccccc1Br.C.CC1(C)OB(c2ccc(-n3c4ccccc4c4ccccc43)cc2)OC1(C)C.CI.Clc1ccc2c(c1)[Si](Cl)(Cl)c1ccccc1-2.Clc1ccc2c(c1)[Si]1(c3ccccc3Sc3ccccc31)c1ccccc1-2.c1ccc2c(c1)Sc1ccccc1[Si]21c2ccccc2-c2ccc(-c3ccc(-n4c5ccccc5c5ccccc54)cc3)cc21. The highest BCUT2D eigenvalue weighted by molar-refractivity contribution is 14.1. The number of halogens is 7. The van der Waals surface area contributed by atoms with E-state index in [0.29, 0.717) is 5.02 Å². The molecule has 656 valence electrons. The molecule has 0 unspecified atom stereocenters. The van der Waals surface area contributed by atoms with Crippen LogP contribution in [0, 0.1) is 0 Å². The van der Waals surface area contributed by atoms with Crippen molar-refractivity contribution in [3.8, 4) is 55.9 Å². The first kappa shape index (κ1) is 91.8. The number of hydrogen-bond donors (Lipinski definition) is 0. The maximum Gasteiger partial charge on any atom is 0.494 e. The Balaban J connectivity index is 0.000000109. The van der Waals surface area contributed by atoms with Crippen LogP contribution in [0.4, 0.5) is 0 Å². The molecule has 20 aromatic rings. The van der Waals surface area contributed by atoms with Gasteiger partial charge in [-0.05, 0) is 288 Å². The summed E-state index contributed by atoms with van der Waals surface area (Å²) in [5.74, 6) is 0. The Morgan fingerprint density at radius 1 is 0.306 bits per heavy atom. The van der Waals surface area contributed by atoms with Crippen molar-refractivity contribution in [3.63, 3.8) is 0 Å². The second-order valence-corrected chi connectivity index (χ2v) is 53.8. The number of para-hydroxylation sites is 4. The molecule has 2 spiro atoms. The van der Waals surface area contributed by atoms with Gasteiger partial charge in [0, 0.05) is 81.3 Å². The quantitative estimate of drug-likeness (QED) is 0.0716. The fourth-order valence-corrected chi connectivity index (χ4v) is 41.4. The van der Waals surface area contributed by atoms with Crippen LogP contribution in [0.2, 0.25) is 10.0 Å². The number of aromatic nitrogens is 2. The molecule has 0 N–H and O–H groups in total. The molecule has 1 fully saturated rings. The number of fused-ring (bicyclic) bond motifs is 27. The number of hydrogen-bond acceptors (Lipinski definition) is 5. The van der Waals surface area contributed by atoms with Gasteiger partial charge in [-0.3, -0.25) is 0 Å².